The predicted molar refractivity (Wildman–Crippen MR) is 65.8 cm³/mol. The second-order valence-corrected chi connectivity index (χ2v) is 4.14. The first kappa shape index (κ1) is 12.8. The molecule has 1 rings (SSSR count). The van der Waals surface area contributed by atoms with Gasteiger partial charge in [-0.25, -0.2) is 0 Å². The summed E-state index contributed by atoms with van der Waals surface area (Å²) in [5.74, 6) is 0.296. The molecule has 16 heavy (non-hydrogen) atoms. The highest BCUT2D eigenvalue weighted by Gasteiger charge is 2.05. The predicted octanol–water partition coefficient (Wildman–Crippen LogP) is 3.94. The molecule has 88 valence electrons. The number of hydrogen-bond acceptors (Lipinski definition) is 2. The molecule has 0 aromatic heterocycles. The maximum atomic E-state index is 11.7. The first-order valence-electron chi connectivity index (χ1n) is 6.06. The van der Waals surface area contributed by atoms with E-state index >= 15 is 0 Å². The molecule has 0 unspecified atom stereocenters. The second kappa shape index (κ2) is 7.04. The molecule has 0 aliphatic carbocycles. The molecule has 0 fully saturated rings. The van der Waals surface area contributed by atoms with Gasteiger partial charge in [0.1, 0.15) is 5.75 Å². The summed E-state index contributed by atoms with van der Waals surface area (Å²) in [7, 11) is 0. The van der Waals surface area contributed by atoms with Crippen molar-refractivity contribution in [2.24, 2.45) is 0 Å². The van der Waals surface area contributed by atoms with Crippen molar-refractivity contribution in [1.29, 1.82) is 0 Å². The van der Waals surface area contributed by atoms with Gasteiger partial charge >= 0.3 is 0 Å². The van der Waals surface area contributed by atoms with E-state index in [1.54, 1.807) is 18.2 Å². The molecular weight excluding hydrogens is 200 g/mol. The van der Waals surface area contributed by atoms with Gasteiger partial charge in [-0.3, -0.25) is 4.79 Å². The minimum Gasteiger partial charge on any atom is -0.508 e. The number of phenols is 1. The van der Waals surface area contributed by atoms with Gasteiger partial charge in [0.25, 0.3) is 0 Å². The second-order valence-electron chi connectivity index (χ2n) is 4.14. The van der Waals surface area contributed by atoms with Crippen molar-refractivity contribution in [2.75, 3.05) is 0 Å². The van der Waals surface area contributed by atoms with Crippen molar-refractivity contribution >= 4 is 5.78 Å². The third kappa shape index (κ3) is 4.47. The topological polar surface area (TPSA) is 37.3 Å². The number of hydrogen-bond donors (Lipinski definition) is 1. The fourth-order valence-corrected chi connectivity index (χ4v) is 1.71. The molecule has 0 saturated heterocycles. The fourth-order valence-electron chi connectivity index (χ4n) is 1.71. The lowest BCUT2D eigenvalue weighted by molar-refractivity contribution is 0.0978. The van der Waals surface area contributed by atoms with Crippen molar-refractivity contribution in [3.05, 3.63) is 29.8 Å². The van der Waals surface area contributed by atoms with Crippen LogP contribution in [-0.4, -0.2) is 10.9 Å². The Morgan fingerprint density at radius 3 is 2.62 bits per heavy atom. The van der Waals surface area contributed by atoms with E-state index in [9.17, 15) is 9.90 Å². The first-order valence-corrected chi connectivity index (χ1v) is 6.06. The lowest BCUT2D eigenvalue weighted by Gasteiger charge is -2.01. The summed E-state index contributed by atoms with van der Waals surface area (Å²) in [4.78, 5) is 11.7. The fraction of sp³-hybridized carbons (Fsp3) is 0.500. The number of rotatable bonds is 7. The third-order valence-corrected chi connectivity index (χ3v) is 2.68. The number of carbonyl (C=O) groups excluding carboxylic acids is 1. The minimum atomic E-state index is 0.132. The van der Waals surface area contributed by atoms with Gasteiger partial charge < -0.3 is 5.11 Å². The zero-order chi connectivity index (χ0) is 11.8. The van der Waals surface area contributed by atoms with Crippen LogP contribution in [0.4, 0.5) is 0 Å². The molecule has 0 aliphatic rings. The van der Waals surface area contributed by atoms with Gasteiger partial charge in [0, 0.05) is 12.0 Å². The molecule has 0 spiro atoms. The number of unbranched alkanes of at least 4 members (excludes halogenated alkanes) is 4. The van der Waals surface area contributed by atoms with Crippen molar-refractivity contribution in [3.8, 4) is 5.75 Å². The first-order chi connectivity index (χ1) is 7.74. The Kier molecular flexibility index (Phi) is 5.62. The average Bonchev–Trinajstić information content (AvgIpc) is 2.28. The van der Waals surface area contributed by atoms with Crippen LogP contribution in [0.25, 0.3) is 0 Å². The van der Waals surface area contributed by atoms with Gasteiger partial charge in [0.2, 0.25) is 0 Å². The molecular formula is C14H20O2. The minimum absolute atomic E-state index is 0.132. The molecule has 1 aromatic rings. The summed E-state index contributed by atoms with van der Waals surface area (Å²) in [6.07, 6.45) is 6.35. The van der Waals surface area contributed by atoms with Crippen LogP contribution in [0.5, 0.6) is 5.75 Å². The molecule has 0 amide bonds. The Morgan fingerprint density at radius 2 is 1.94 bits per heavy atom. The lowest BCUT2D eigenvalue weighted by atomic mass is 10.0. The molecule has 1 aromatic carbocycles. The number of ketones is 1. The monoisotopic (exact) mass is 220 g/mol. The van der Waals surface area contributed by atoms with Crippen molar-refractivity contribution in [3.63, 3.8) is 0 Å². The van der Waals surface area contributed by atoms with Gasteiger partial charge in [-0.1, -0.05) is 44.7 Å². The van der Waals surface area contributed by atoms with Gasteiger partial charge in [-0.2, -0.15) is 0 Å². The van der Waals surface area contributed by atoms with Crippen LogP contribution in [0, 0.1) is 0 Å². The molecule has 0 aliphatic heterocycles. The van der Waals surface area contributed by atoms with Crippen molar-refractivity contribution < 1.29 is 9.90 Å². The summed E-state index contributed by atoms with van der Waals surface area (Å²) in [5, 5.41) is 9.25. The van der Waals surface area contributed by atoms with Crippen LogP contribution >= 0.6 is 0 Å². The van der Waals surface area contributed by atoms with Crippen LogP contribution in [0.2, 0.25) is 0 Å². The molecule has 1 N–H and O–H groups in total. The Bertz CT molecular complexity index is 331. The number of phenolic OH excluding ortho intramolecular Hbond substituents is 1. The Labute approximate surface area is 97.3 Å². The van der Waals surface area contributed by atoms with E-state index in [0.29, 0.717) is 12.0 Å². The maximum absolute atomic E-state index is 11.7. The van der Waals surface area contributed by atoms with Gasteiger partial charge in [0.15, 0.2) is 5.78 Å². The maximum Gasteiger partial charge on any atom is 0.163 e. The van der Waals surface area contributed by atoms with E-state index in [1.807, 2.05) is 0 Å². The van der Waals surface area contributed by atoms with E-state index in [2.05, 4.69) is 6.92 Å². The van der Waals surface area contributed by atoms with E-state index in [1.165, 1.54) is 25.3 Å². The molecule has 0 atom stereocenters. The van der Waals surface area contributed by atoms with E-state index in [0.717, 1.165) is 12.8 Å². The van der Waals surface area contributed by atoms with Gasteiger partial charge in [0.05, 0.1) is 0 Å². The van der Waals surface area contributed by atoms with E-state index in [4.69, 9.17) is 0 Å². The highest BCUT2D eigenvalue weighted by atomic mass is 16.3. The Morgan fingerprint density at radius 1 is 1.19 bits per heavy atom. The molecule has 0 heterocycles. The molecule has 0 bridgehead atoms. The summed E-state index contributed by atoms with van der Waals surface area (Å²) in [6.45, 7) is 2.18. The third-order valence-electron chi connectivity index (χ3n) is 2.68. The van der Waals surface area contributed by atoms with Crippen LogP contribution in [-0.2, 0) is 0 Å². The van der Waals surface area contributed by atoms with Gasteiger partial charge in [-0.15, -0.1) is 0 Å². The van der Waals surface area contributed by atoms with E-state index < -0.39 is 0 Å². The normalized spacial score (nSPS) is 10.3. The quantitative estimate of drug-likeness (QED) is 0.558. The van der Waals surface area contributed by atoms with Crippen molar-refractivity contribution in [1.82, 2.24) is 0 Å². The molecule has 2 nitrogen and oxygen atoms in total. The molecule has 0 saturated carbocycles. The zero-order valence-electron chi connectivity index (χ0n) is 9.91. The summed E-state index contributed by atoms with van der Waals surface area (Å²) >= 11 is 0. The summed E-state index contributed by atoms with van der Waals surface area (Å²) in [5.41, 5.74) is 0.621. The standard InChI is InChI=1S/C14H20O2/c1-2-3-4-5-6-10-14(16)12-8-7-9-13(15)11-12/h7-9,11,15H,2-6,10H2,1H3. The van der Waals surface area contributed by atoms with Crippen molar-refractivity contribution in [2.45, 2.75) is 45.4 Å². The van der Waals surface area contributed by atoms with Crippen LogP contribution < -0.4 is 0 Å². The average molecular weight is 220 g/mol. The largest absolute Gasteiger partial charge is 0.508 e. The van der Waals surface area contributed by atoms with Crippen LogP contribution in [0.15, 0.2) is 24.3 Å². The van der Waals surface area contributed by atoms with Crippen LogP contribution in [0.1, 0.15) is 55.8 Å². The highest BCUT2D eigenvalue weighted by Crippen LogP contribution is 2.14. The number of aromatic hydroxyl groups is 1. The van der Waals surface area contributed by atoms with Gasteiger partial charge in [-0.05, 0) is 18.6 Å². The Balaban J connectivity index is 2.30. The molecule has 0 radical (unpaired) electrons. The van der Waals surface area contributed by atoms with E-state index in [-0.39, 0.29) is 11.5 Å². The summed E-state index contributed by atoms with van der Waals surface area (Å²) in [6, 6.07) is 6.58. The smallest absolute Gasteiger partial charge is 0.163 e. The Hall–Kier alpha value is -1.31. The zero-order valence-corrected chi connectivity index (χ0v) is 9.91. The SMILES string of the molecule is CCCCCCCC(=O)c1cccc(O)c1. The number of Topliss-reactive ketones (excluding diaryl/α,β-unsaturated/α-hetero) is 1. The number of carbonyl (C=O) groups is 1. The lowest BCUT2D eigenvalue weighted by Crippen LogP contribution is -1.98. The molecule has 2 heteroatoms. The number of benzene rings is 1. The summed E-state index contributed by atoms with van der Waals surface area (Å²) < 4.78 is 0. The van der Waals surface area contributed by atoms with Crippen LogP contribution in [0.3, 0.4) is 0 Å². The highest BCUT2D eigenvalue weighted by molar-refractivity contribution is 5.96.